The highest BCUT2D eigenvalue weighted by atomic mass is 32.1. The molecule has 1 atom stereocenters. The molecule has 0 aliphatic heterocycles. The lowest BCUT2D eigenvalue weighted by Crippen LogP contribution is -2.15. The molecule has 2 heterocycles. The Morgan fingerprint density at radius 1 is 1.25 bits per heavy atom. The van der Waals surface area contributed by atoms with Crippen molar-refractivity contribution in [2.45, 2.75) is 19.9 Å². The molecule has 104 valence electrons. The molecule has 1 aromatic carbocycles. The second kappa shape index (κ2) is 5.50. The molecular weight excluding hydrogens is 291 g/mol. The number of fused-ring (bicyclic) bond motifs is 1. The number of benzene rings is 1. The second-order valence-electron chi connectivity index (χ2n) is 5.01. The summed E-state index contributed by atoms with van der Waals surface area (Å²) in [5.74, 6) is 0.240. The fraction of sp³-hybridized carbons (Fsp3) is 0.267. The third-order valence-electron chi connectivity index (χ3n) is 3.15. The summed E-state index contributed by atoms with van der Waals surface area (Å²) in [6, 6.07) is 9.14. The van der Waals surface area contributed by atoms with Gasteiger partial charge in [-0.25, -0.2) is 9.37 Å². The standard InChI is InChI=1S/C15H15FN2S2/c1-9(2)14(12-4-3-7-19-12)18-15-17-11-6-5-10(16)8-13(11)20-15/h3-9,14H,1-2H3,(H,17,18). The van der Waals surface area contributed by atoms with Gasteiger partial charge in [-0.2, -0.15) is 0 Å². The first-order valence-corrected chi connectivity index (χ1v) is 8.19. The lowest BCUT2D eigenvalue weighted by atomic mass is 10.0. The van der Waals surface area contributed by atoms with Crippen LogP contribution in [0.2, 0.25) is 0 Å². The van der Waals surface area contributed by atoms with Gasteiger partial charge in [-0.3, -0.25) is 0 Å². The Morgan fingerprint density at radius 2 is 2.10 bits per heavy atom. The van der Waals surface area contributed by atoms with Crippen molar-refractivity contribution in [3.05, 3.63) is 46.4 Å². The molecule has 0 radical (unpaired) electrons. The second-order valence-corrected chi connectivity index (χ2v) is 7.02. The molecule has 0 saturated heterocycles. The Kier molecular flexibility index (Phi) is 3.72. The number of hydrogen-bond acceptors (Lipinski definition) is 4. The average molecular weight is 306 g/mol. The summed E-state index contributed by atoms with van der Waals surface area (Å²) in [4.78, 5) is 5.83. The van der Waals surface area contributed by atoms with Crippen LogP contribution in [-0.2, 0) is 0 Å². The minimum absolute atomic E-state index is 0.216. The lowest BCUT2D eigenvalue weighted by Gasteiger charge is -2.20. The SMILES string of the molecule is CC(C)C(Nc1nc2ccc(F)cc2s1)c1cccs1. The monoisotopic (exact) mass is 306 g/mol. The van der Waals surface area contributed by atoms with Crippen LogP contribution in [0.1, 0.15) is 24.8 Å². The van der Waals surface area contributed by atoms with Crippen LogP contribution in [0.5, 0.6) is 0 Å². The molecule has 2 aromatic heterocycles. The summed E-state index contributed by atoms with van der Waals surface area (Å²) >= 11 is 3.24. The summed E-state index contributed by atoms with van der Waals surface area (Å²) in [6.45, 7) is 4.37. The van der Waals surface area contributed by atoms with Crippen LogP contribution in [0.25, 0.3) is 10.2 Å². The summed E-state index contributed by atoms with van der Waals surface area (Å²) in [5, 5.41) is 6.41. The molecule has 0 saturated carbocycles. The summed E-state index contributed by atoms with van der Waals surface area (Å²) in [5.41, 5.74) is 0.840. The summed E-state index contributed by atoms with van der Waals surface area (Å²) in [7, 11) is 0. The van der Waals surface area contributed by atoms with E-state index >= 15 is 0 Å². The normalized spacial score (nSPS) is 13.0. The predicted octanol–water partition coefficient (Wildman–Crippen LogP) is 5.31. The van der Waals surface area contributed by atoms with E-state index in [2.05, 4.69) is 41.7 Å². The van der Waals surface area contributed by atoms with Gasteiger partial charge in [-0.1, -0.05) is 31.3 Å². The van der Waals surface area contributed by atoms with E-state index in [0.29, 0.717) is 5.92 Å². The van der Waals surface area contributed by atoms with Gasteiger partial charge in [0, 0.05) is 4.88 Å². The average Bonchev–Trinajstić information content (AvgIpc) is 3.03. The molecule has 0 fully saturated rings. The third kappa shape index (κ3) is 2.69. The highest BCUT2D eigenvalue weighted by Gasteiger charge is 2.18. The smallest absolute Gasteiger partial charge is 0.184 e. The van der Waals surface area contributed by atoms with Crippen LogP contribution in [0, 0.1) is 11.7 Å². The Morgan fingerprint density at radius 3 is 2.80 bits per heavy atom. The van der Waals surface area contributed by atoms with Gasteiger partial charge in [0.1, 0.15) is 5.82 Å². The molecule has 0 spiro atoms. The van der Waals surface area contributed by atoms with Crippen LogP contribution < -0.4 is 5.32 Å². The molecular formula is C15H15FN2S2. The van der Waals surface area contributed by atoms with Crippen molar-refractivity contribution in [2.24, 2.45) is 5.92 Å². The topological polar surface area (TPSA) is 24.9 Å². The van der Waals surface area contributed by atoms with E-state index in [1.807, 2.05) is 0 Å². The van der Waals surface area contributed by atoms with Crippen LogP contribution in [0.4, 0.5) is 9.52 Å². The summed E-state index contributed by atoms with van der Waals surface area (Å²) < 4.78 is 14.1. The first-order valence-electron chi connectivity index (χ1n) is 6.49. The van der Waals surface area contributed by atoms with Crippen molar-refractivity contribution >= 4 is 38.0 Å². The van der Waals surface area contributed by atoms with Crippen LogP contribution in [0.3, 0.4) is 0 Å². The van der Waals surface area contributed by atoms with Gasteiger partial charge in [0.05, 0.1) is 16.3 Å². The van der Waals surface area contributed by atoms with E-state index in [4.69, 9.17) is 0 Å². The molecule has 3 rings (SSSR count). The van der Waals surface area contributed by atoms with Gasteiger partial charge in [0.25, 0.3) is 0 Å². The number of halogens is 1. The van der Waals surface area contributed by atoms with Gasteiger partial charge < -0.3 is 5.32 Å². The number of nitrogens with zero attached hydrogens (tertiary/aromatic N) is 1. The molecule has 1 N–H and O–H groups in total. The summed E-state index contributed by atoms with van der Waals surface area (Å²) in [6.07, 6.45) is 0. The number of anilines is 1. The van der Waals surface area contributed by atoms with E-state index in [1.165, 1.54) is 28.3 Å². The molecule has 1 unspecified atom stereocenters. The largest absolute Gasteiger partial charge is 0.354 e. The maximum atomic E-state index is 13.2. The molecule has 2 nitrogen and oxygen atoms in total. The zero-order valence-corrected chi connectivity index (χ0v) is 12.9. The van der Waals surface area contributed by atoms with E-state index in [-0.39, 0.29) is 11.9 Å². The first-order chi connectivity index (χ1) is 9.63. The number of thiazole rings is 1. The number of nitrogens with one attached hydrogen (secondary N) is 1. The fourth-order valence-electron chi connectivity index (χ4n) is 2.13. The number of aromatic nitrogens is 1. The zero-order chi connectivity index (χ0) is 14.1. The molecule has 0 aliphatic carbocycles. The van der Waals surface area contributed by atoms with Crippen molar-refractivity contribution in [3.8, 4) is 0 Å². The van der Waals surface area contributed by atoms with E-state index in [9.17, 15) is 4.39 Å². The molecule has 5 heteroatoms. The molecule has 0 aliphatic rings. The third-order valence-corrected chi connectivity index (χ3v) is 5.05. The highest BCUT2D eigenvalue weighted by molar-refractivity contribution is 7.22. The van der Waals surface area contributed by atoms with Crippen molar-refractivity contribution in [2.75, 3.05) is 5.32 Å². The minimum Gasteiger partial charge on any atom is -0.354 e. The quantitative estimate of drug-likeness (QED) is 0.707. The first kappa shape index (κ1) is 13.5. The molecule has 3 aromatic rings. The van der Waals surface area contributed by atoms with E-state index in [1.54, 1.807) is 17.4 Å². The maximum absolute atomic E-state index is 13.2. The number of hydrogen-bond donors (Lipinski definition) is 1. The Bertz CT molecular complexity index is 704. The lowest BCUT2D eigenvalue weighted by molar-refractivity contribution is 0.553. The van der Waals surface area contributed by atoms with Crippen molar-refractivity contribution in [3.63, 3.8) is 0 Å². The van der Waals surface area contributed by atoms with Crippen molar-refractivity contribution in [1.82, 2.24) is 4.98 Å². The Labute approximate surface area is 125 Å². The van der Waals surface area contributed by atoms with Gasteiger partial charge in [0.15, 0.2) is 5.13 Å². The van der Waals surface area contributed by atoms with Crippen molar-refractivity contribution < 1.29 is 4.39 Å². The maximum Gasteiger partial charge on any atom is 0.184 e. The molecule has 0 bridgehead atoms. The van der Waals surface area contributed by atoms with Gasteiger partial charge >= 0.3 is 0 Å². The minimum atomic E-state index is -0.216. The fourth-order valence-corrected chi connectivity index (χ4v) is 4.00. The predicted molar refractivity (Wildman–Crippen MR) is 85.1 cm³/mol. The Hall–Kier alpha value is -1.46. The van der Waals surface area contributed by atoms with Gasteiger partial charge in [-0.05, 0) is 35.6 Å². The van der Waals surface area contributed by atoms with Crippen LogP contribution in [0.15, 0.2) is 35.7 Å². The number of rotatable bonds is 4. The Balaban J connectivity index is 1.90. The zero-order valence-electron chi connectivity index (χ0n) is 11.3. The van der Waals surface area contributed by atoms with Crippen LogP contribution in [-0.4, -0.2) is 4.98 Å². The van der Waals surface area contributed by atoms with Crippen LogP contribution >= 0.6 is 22.7 Å². The number of thiophene rings is 1. The van der Waals surface area contributed by atoms with Crippen molar-refractivity contribution in [1.29, 1.82) is 0 Å². The highest BCUT2D eigenvalue weighted by Crippen LogP contribution is 2.33. The van der Waals surface area contributed by atoms with Gasteiger partial charge in [-0.15, -0.1) is 11.3 Å². The molecule has 20 heavy (non-hydrogen) atoms. The van der Waals surface area contributed by atoms with Gasteiger partial charge in [0.2, 0.25) is 0 Å². The van der Waals surface area contributed by atoms with E-state index < -0.39 is 0 Å². The molecule has 0 amide bonds. The van der Waals surface area contributed by atoms with E-state index in [0.717, 1.165) is 15.3 Å².